The van der Waals surface area contributed by atoms with E-state index in [9.17, 15) is 0 Å². The van der Waals surface area contributed by atoms with Crippen LogP contribution in [0.5, 0.6) is 0 Å². The third kappa shape index (κ3) is 3.98. The first kappa shape index (κ1) is 8.44. The Morgan fingerprint density at radius 3 is 2.44 bits per heavy atom. The Bertz CT molecular complexity index is 112. The van der Waals surface area contributed by atoms with E-state index in [4.69, 9.17) is 0 Å². The maximum absolute atomic E-state index is 3.08. The van der Waals surface area contributed by atoms with Crippen molar-refractivity contribution in [3.8, 4) is 0 Å². The summed E-state index contributed by atoms with van der Waals surface area (Å²) in [6.07, 6.45) is 6.26. The van der Waals surface area contributed by atoms with E-state index in [1.165, 1.54) is 5.57 Å². The number of nitrogens with one attached hydrogen (secondary N) is 1. The molecule has 0 saturated carbocycles. The van der Waals surface area contributed by atoms with Crippen molar-refractivity contribution in [1.29, 1.82) is 0 Å². The van der Waals surface area contributed by atoms with Gasteiger partial charge in [0.05, 0.1) is 0 Å². The van der Waals surface area contributed by atoms with Crippen molar-refractivity contribution in [2.45, 2.75) is 13.8 Å². The Kier molecular flexibility index (Phi) is 5.23. The second kappa shape index (κ2) is 5.57. The molecule has 0 saturated heterocycles. The third-order valence-corrected chi connectivity index (χ3v) is 1.13. The summed E-state index contributed by atoms with van der Waals surface area (Å²) < 4.78 is 0. The Hall–Kier alpha value is -0.560. The van der Waals surface area contributed by atoms with Gasteiger partial charge in [-0.3, -0.25) is 0 Å². The highest BCUT2D eigenvalue weighted by atomic mass is 14.8. The van der Waals surface area contributed by atoms with Gasteiger partial charge in [0.1, 0.15) is 0 Å². The number of rotatable bonds is 3. The van der Waals surface area contributed by atoms with Gasteiger partial charge in [-0.15, -0.1) is 0 Å². The standard InChI is InChI=1S/C8H15N/c1-4-6-8(5-2)7-9-3/h4-6,9H,7H2,1-3H3/b6-4+,8-5-. The molecule has 0 aliphatic carbocycles. The summed E-state index contributed by atoms with van der Waals surface area (Å²) in [5, 5.41) is 3.08. The molecule has 0 aromatic heterocycles. The number of hydrogen-bond acceptors (Lipinski definition) is 1. The van der Waals surface area contributed by atoms with E-state index >= 15 is 0 Å². The number of allylic oxidation sites excluding steroid dienone is 2. The highest BCUT2D eigenvalue weighted by molar-refractivity contribution is 5.18. The van der Waals surface area contributed by atoms with Gasteiger partial charge in [0.15, 0.2) is 0 Å². The monoisotopic (exact) mass is 125 g/mol. The van der Waals surface area contributed by atoms with Gasteiger partial charge in [0.25, 0.3) is 0 Å². The van der Waals surface area contributed by atoms with Crippen molar-refractivity contribution < 1.29 is 0 Å². The number of hydrogen-bond donors (Lipinski definition) is 1. The van der Waals surface area contributed by atoms with E-state index in [1.807, 2.05) is 27.0 Å². The van der Waals surface area contributed by atoms with Crippen molar-refractivity contribution in [2.24, 2.45) is 0 Å². The SMILES string of the molecule is C/C=C(/C=C/C)CNC. The van der Waals surface area contributed by atoms with Gasteiger partial charge in [0.2, 0.25) is 0 Å². The molecule has 0 rings (SSSR count). The maximum atomic E-state index is 3.08. The largest absolute Gasteiger partial charge is 0.316 e. The normalized spacial score (nSPS) is 13.0. The van der Waals surface area contributed by atoms with Crippen LogP contribution in [0.15, 0.2) is 23.8 Å². The summed E-state index contributed by atoms with van der Waals surface area (Å²) in [7, 11) is 1.95. The summed E-state index contributed by atoms with van der Waals surface area (Å²) in [5.41, 5.74) is 1.33. The van der Waals surface area contributed by atoms with Crippen LogP contribution in [0.4, 0.5) is 0 Å². The van der Waals surface area contributed by atoms with Gasteiger partial charge in [-0.05, 0) is 26.5 Å². The van der Waals surface area contributed by atoms with E-state index in [0.717, 1.165) is 6.54 Å². The average Bonchev–Trinajstić information content (AvgIpc) is 1.88. The molecule has 0 bridgehead atoms. The fraction of sp³-hybridized carbons (Fsp3) is 0.500. The van der Waals surface area contributed by atoms with E-state index < -0.39 is 0 Å². The summed E-state index contributed by atoms with van der Waals surface area (Å²) >= 11 is 0. The molecule has 0 heterocycles. The molecule has 0 amide bonds. The van der Waals surface area contributed by atoms with E-state index in [2.05, 4.69) is 17.5 Å². The van der Waals surface area contributed by atoms with E-state index in [0.29, 0.717) is 0 Å². The van der Waals surface area contributed by atoms with Crippen LogP contribution in [-0.2, 0) is 0 Å². The predicted molar refractivity (Wildman–Crippen MR) is 42.5 cm³/mol. The van der Waals surface area contributed by atoms with Crippen molar-refractivity contribution >= 4 is 0 Å². The van der Waals surface area contributed by atoms with Crippen LogP contribution in [0.1, 0.15) is 13.8 Å². The zero-order chi connectivity index (χ0) is 7.11. The lowest BCUT2D eigenvalue weighted by molar-refractivity contribution is 0.894. The molecule has 0 aliphatic rings. The van der Waals surface area contributed by atoms with Gasteiger partial charge in [0, 0.05) is 6.54 Å². The molecule has 0 aromatic carbocycles. The van der Waals surface area contributed by atoms with Gasteiger partial charge < -0.3 is 5.32 Å². The molecule has 1 nitrogen and oxygen atoms in total. The first-order valence-electron chi connectivity index (χ1n) is 3.27. The van der Waals surface area contributed by atoms with Crippen LogP contribution in [0.25, 0.3) is 0 Å². The van der Waals surface area contributed by atoms with Crippen LogP contribution in [0.3, 0.4) is 0 Å². The molecule has 1 N–H and O–H groups in total. The lowest BCUT2D eigenvalue weighted by Crippen LogP contribution is -2.08. The fourth-order valence-electron chi connectivity index (χ4n) is 0.675. The van der Waals surface area contributed by atoms with Crippen molar-refractivity contribution in [2.75, 3.05) is 13.6 Å². The molecule has 1 heteroatoms. The minimum Gasteiger partial charge on any atom is -0.316 e. The molecule has 0 aromatic rings. The molecule has 52 valence electrons. The van der Waals surface area contributed by atoms with E-state index in [-0.39, 0.29) is 0 Å². The predicted octanol–water partition coefficient (Wildman–Crippen LogP) is 1.73. The first-order valence-corrected chi connectivity index (χ1v) is 3.27. The van der Waals surface area contributed by atoms with Crippen LogP contribution in [-0.4, -0.2) is 13.6 Å². The molecular weight excluding hydrogens is 110 g/mol. The minimum absolute atomic E-state index is 0.959. The summed E-state index contributed by atoms with van der Waals surface area (Å²) in [5.74, 6) is 0. The van der Waals surface area contributed by atoms with E-state index in [1.54, 1.807) is 0 Å². The Morgan fingerprint density at radius 1 is 1.44 bits per heavy atom. The topological polar surface area (TPSA) is 12.0 Å². The zero-order valence-electron chi connectivity index (χ0n) is 6.44. The Labute approximate surface area is 57.5 Å². The van der Waals surface area contributed by atoms with Crippen molar-refractivity contribution in [3.05, 3.63) is 23.8 Å². The Balaban J connectivity index is 3.70. The average molecular weight is 125 g/mol. The van der Waals surface area contributed by atoms with Gasteiger partial charge in [-0.2, -0.15) is 0 Å². The lowest BCUT2D eigenvalue weighted by atomic mass is 10.2. The van der Waals surface area contributed by atoms with Crippen LogP contribution >= 0.6 is 0 Å². The fourth-order valence-corrected chi connectivity index (χ4v) is 0.675. The van der Waals surface area contributed by atoms with Gasteiger partial charge in [-0.25, -0.2) is 0 Å². The lowest BCUT2D eigenvalue weighted by Gasteiger charge is -1.96. The van der Waals surface area contributed by atoms with Crippen molar-refractivity contribution in [3.63, 3.8) is 0 Å². The first-order chi connectivity index (χ1) is 4.35. The maximum Gasteiger partial charge on any atom is 0.0199 e. The highest BCUT2D eigenvalue weighted by Gasteiger charge is 1.83. The minimum atomic E-state index is 0.959. The molecule has 0 atom stereocenters. The second-order valence-corrected chi connectivity index (χ2v) is 1.89. The molecule has 0 fully saturated rings. The van der Waals surface area contributed by atoms with Crippen LogP contribution < -0.4 is 5.32 Å². The Morgan fingerprint density at radius 2 is 2.11 bits per heavy atom. The zero-order valence-corrected chi connectivity index (χ0v) is 6.44. The number of likely N-dealkylation sites (N-methyl/N-ethyl adjacent to an activating group) is 1. The quantitative estimate of drug-likeness (QED) is 0.566. The summed E-state index contributed by atoms with van der Waals surface area (Å²) in [4.78, 5) is 0. The summed E-state index contributed by atoms with van der Waals surface area (Å²) in [6.45, 7) is 5.03. The van der Waals surface area contributed by atoms with Crippen LogP contribution in [0, 0.1) is 0 Å². The molecule has 0 radical (unpaired) electrons. The second-order valence-electron chi connectivity index (χ2n) is 1.89. The molecule has 0 spiro atoms. The van der Waals surface area contributed by atoms with Crippen molar-refractivity contribution in [1.82, 2.24) is 5.32 Å². The highest BCUT2D eigenvalue weighted by Crippen LogP contribution is 1.92. The van der Waals surface area contributed by atoms with Gasteiger partial charge >= 0.3 is 0 Å². The molecule has 0 unspecified atom stereocenters. The van der Waals surface area contributed by atoms with Crippen LogP contribution in [0.2, 0.25) is 0 Å². The summed E-state index contributed by atoms with van der Waals surface area (Å²) in [6, 6.07) is 0. The van der Waals surface area contributed by atoms with Gasteiger partial charge in [-0.1, -0.05) is 18.2 Å². The smallest absolute Gasteiger partial charge is 0.0199 e. The molecular formula is C8H15N. The molecule has 9 heavy (non-hydrogen) atoms. The third-order valence-electron chi connectivity index (χ3n) is 1.13. The molecule has 0 aliphatic heterocycles.